The molecule has 3 unspecified atom stereocenters. The summed E-state index contributed by atoms with van der Waals surface area (Å²) >= 11 is 0. The fourth-order valence-electron chi connectivity index (χ4n) is 2.80. The van der Waals surface area contributed by atoms with Crippen molar-refractivity contribution in [3.8, 4) is 5.75 Å². The monoisotopic (exact) mass is 397 g/mol. The fraction of sp³-hybridized carbons (Fsp3) is 0.429. The van der Waals surface area contributed by atoms with E-state index in [1.54, 1.807) is 25.1 Å². The molecule has 2 N–H and O–H groups in total. The smallest absolute Gasteiger partial charge is 0.416 e. The molecule has 0 aliphatic rings. The molecule has 0 aliphatic heterocycles. The van der Waals surface area contributed by atoms with Crippen LogP contribution in [0.4, 0.5) is 13.2 Å². The van der Waals surface area contributed by atoms with Crippen LogP contribution in [0.3, 0.4) is 0 Å². The molecule has 28 heavy (non-hydrogen) atoms. The molecule has 0 bridgehead atoms. The van der Waals surface area contributed by atoms with Crippen LogP contribution in [-0.2, 0) is 10.9 Å². The van der Waals surface area contributed by atoms with Crippen molar-refractivity contribution >= 4 is 0 Å². The molecule has 7 heteroatoms. The maximum Gasteiger partial charge on any atom is 0.416 e. The van der Waals surface area contributed by atoms with Crippen LogP contribution in [0.2, 0.25) is 0 Å². The van der Waals surface area contributed by atoms with E-state index >= 15 is 0 Å². The second-order valence-corrected chi connectivity index (χ2v) is 6.47. The lowest BCUT2D eigenvalue weighted by Gasteiger charge is -2.27. The Kier molecular flexibility index (Phi) is 8.29. The molecule has 0 saturated heterocycles. The number of aliphatic hydroxyl groups excluding tert-OH is 1. The zero-order chi connectivity index (χ0) is 20.6. The lowest BCUT2D eigenvalue weighted by Crippen LogP contribution is -2.40. The zero-order valence-corrected chi connectivity index (χ0v) is 15.9. The fourth-order valence-corrected chi connectivity index (χ4v) is 2.80. The summed E-state index contributed by atoms with van der Waals surface area (Å²) in [5.41, 5.74) is -0.273. The van der Waals surface area contributed by atoms with Gasteiger partial charge in [-0.3, -0.25) is 0 Å². The third kappa shape index (κ3) is 6.82. The highest BCUT2D eigenvalue weighted by Gasteiger charge is 2.31. The summed E-state index contributed by atoms with van der Waals surface area (Å²) in [4.78, 5) is 0. The quantitative estimate of drug-likeness (QED) is 0.631. The molecule has 0 heterocycles. The molecule has 0 radical (unpaired) electrons. The van der Waals surface area contributed by atoms with E-state index in [1.807, 2.05) is 25.1 Å². The molecular formula is C21H26F3NO3. The number of ether oxygens (including phenoxy) is 2. The topological polar surface area (TPSA) is 50.7 Å². The Bertz CT molecular complexity index is 710. The largest absolute Gasteiger partial charge is 0.491 e. The number of halogens is 3. The van der Waals surface area contributed by atoms with Gasteiger partial charge in [-0.2, -0.15) is 13.2 Å². The first-order valence-electron chi connectivity index (χ1n) is 9.19. The van der Waals surface area contributed by atoms with Crippen molar-refractivity contribution in [2.45, 2.75) is 38.3 Å². The van der Waals surface area contributed by atoms with Crippen molar-refractivity contribution in [2.75, 3.05) is 19.8 Å². The van der Waals surface area contributed by atoms with Crippen molar-refractivity contribution < 1.29 is 27.8 Å². The Morgan fingerprint density at radius 3 is 2.43 bits per heavy atom. The van der Waals surface area contributed by atoms with Gasteiger partial charge in [-0.15, -0.1) is 0 Å². The Morgan fingerprint density at radius 1 is 1.07 bits per heavy atom. The van der Waals surface area contributed by atoms with E-state index in [0.717, 1.165) is 12.1 Å². The van der Waals surface area contributed by atoms with Crippen LogP contribution in [-0.4, -0.2) is 37.0 Å². The van der Waals surface area contributed by atoms with E-state index in [-0.39, 0.29) is 19.2 Å². The molecule has 0 fully saturated rings. The average Bonchev–Trinajstić information content (AvgIpc) is 2.69. The standard InChI is InChI=1S/C21H26F3NO3/c1-3-27-20(16-8-7-9-17(12-16)21(22,23)24)15(2)25-13-18(26)14-28-19-10-5-4-6-11-19/h4-12,15,18,20,25-26H,3,13-14H2,1-2H3. The minimum Gasteiger partial charge on any atom is -0.491 e. The molecule has 2 aromatic carbocycles. The van der Waals surface area contributed by atoms with Crippen LogP contribution >= 0.6 is 0 Å². The van der Waals surface area contributed by atoms with E-state index in [4.69, 9.17) is 9.47 Å². The van der Waals surface area contributed by atoms with Crippen molar-refractivity contribution in [2.24, 2.45) is 0 Å². The number of hydrogen-bond acceptors (Lipinski definition) is 4. The molecule has 2 rings (SSSR count). The van der Waals surface area contributed by atoms with E-state index in [0.29, 0.717) is 17.9 Å². The summed E-state index contributed by atoms with van der Waals surface area (Å²) < 4.78 is 50.2. The van der Waals surface area contributed by atoms with Crippen LogP contribution in [0, 0.1) is 0 Å². The van der Waals surface area contributed by atoms with Gasteiger partial charge < -0.3 is 19.9 Å². The lowest BCUT2D eigenvalue weighted by molar-refractivity contribution is -0.137. The van der Waals surface area contributed by atoms with Gasteiger partial charge in [-0.05, 0) is 43.7 Å². The summed E-state index contributed by atoms with van der Waals surface area (Å²) in [7, 11) is 0. The van der Waals surface area contributed by atoms with E-state index in [2.05, 4.69) is 5.32 Å². The van der Waals surface area contributed by atoms with E-state index in [9.17, 15) is 18.3 Å². The second-order valence-electron chi connectivity index (χ2n) is 6.47. The molecule has 2 aromatic rings. The summed E-state index contributed by atoms with van der Waals surface area (Å²) in [5.74, 6) is 0.658. The molecule has 0 saturated carbocycles. The first-order valence-corrected chi connectivity index (χ1v) is 9.19. The van der Waals surface area contributed by atoms with Crippen molar-refractivity contribution in [3.63, 3.8) is 0 Å². The van der Waals surface area contributed by atoms with Gasteiger partial charge in [-0.25, -0.2) is 0 Å². The van der Waals surface area contributed by atoms with Gasteiger partial charge in [0.1, 0.15) is 18.5 Å². The number of nitrogens with one attached hydrogen (secondary N) is 1. The molecule has 0 spiro atoms. The zero-order valence-electron chi connectivity index (χ0n) is 15.9. The van der Waals surface area contributed by atoms with Crippen LogP contribution in [0.5, 0.6) is 5.75 Å². The van der Waals surface area contributed by atoms with Gasteiger partial charge in [0.25, 0.3) is 0 Å². The van der Waals surface area contributed by atoms with Crippen LogP contribution in [0.1, 0.15) is 31.1 Å². The maximum atomic E-state index is 13.0. The van der Waals surface area contributed by atoms with Crippen LogP contribution in [0.25, 0.3) is 0 Å². The van der Waals surface area contributed by atoms with E-state index in [1.165, 1.54) is 6.07 Å². The molecular weight excluding hydrogens is 371 g/mol. The third-order valence-electron chi connectivity index (χ3n) is 4.20. The maximum absolute atomic E-state index is 13.0. The number of para-hydroxylation sites is 1. The molecule has 4 nitrogen and oxygen atoms in total. The number of benzene rings is 2. The summed E-state index contributed by atoms with van der Waals surface area (Å²) in [6, 6.07) is 13.9. The average molecular weight is 397 g/mol. The van der Waals surface area contributed by atoms with Gasteiger partial charge in [0.05, 0.1) is 11.7 Å². The van der Waals surface area contributed by atoms with Gasteiger partial charge in [0.15, 0.2) is 0 Å². The molecule has 154 valence electrons. The van der Waals surface area contributed by atoms with Crippen molar-refractivity contribution in [1.29, 1.82) is 0 Å². The Balaban J connectivity index is 1.94. The highest BCUT2D eigenvalue weighted by Crippen LogP contribution is 2.32. The van der Waals surface area contributed by atoms with Crippen LogP contribution in [0.15, 0.2) is 54.6 Å². The normalized spacial score (nSPS) is 15.1. The third-order valence-corrected chi connectivity index (χ3v) is 4.20. The molecule has 3 atom stereocenters. The second kappa shape index (κ2) is 10.5. The Morgan fingerprint density at radius 2 is 1.79 bits per heavy atom. The van der Waals surface area contributed by atoms with Crippen LogP contribution < -0.4 is 10.1 Å². The molecule has 0 aromatic heterocycles. The minimum atomic E-state index is -4.41. The molecule has 0 amide bonds. The SMILES string of the molecule is CCOC(c1cccc(C(F)(F)F)c1)C(C)NCC(O)COc1ccccc1. The van der Waals surface area contributed by atoms with Gasteiger partial charge >= 0.3 is 6.18 Å². The van der Waals surface area contributed by atoms with Crippen molar-refractivity contribution in [3.05, 3.63) is 65.7 Å². The van der Waals surface area contributed by atoms with Gasteiger partial charge in [0, 0.05) is 19.2 Å². The predicted molar refractivity (Wildman–Crippen MR) is 101 cm³/mol. The predicted octanol–water partition coefficient (Wildman–Crippen LogP) is 4.20. The Hall–Kier alpha value is -2.09. The minimum absolute atomic E-state index is 0.104. The summed E-state index contributed by atoms with van der Waals surface area (Å²) in [6.07, 6.45) is -5.75. The highest BCUT2D eigenvalue weighted by atomic mass is 19.4. The highest BCUT2D eigenvalue weighted by molar-refractivity contribution is 5.28. The van der Waals surface area contributed by atoms with Gasteiger partial charge in [-0.1, -0.05) is 30.3 Å². The lowest BCUT2D eigenvalue weighted by atomic mass is 10.0. The molecule has 0 aliphatic carbocycles. The van der Waals surface area contributed by atoms with Crippen molar-refractivity contribution in [1.82, 2.24) is 5.32 Å². The van der Waals surface area contributed by atoms with Gasteiger partial charge in [0.2, 0.25) is 0 Å². The Labute approximate surface area is 163 Å². The summed E-state index contributed by atoms with van der Waals surface area (Å²) in [6.45, 7) is 4.27. The number of aliphatic hydroxyl groups is 1. The first-order chi connectivity index (χ1) is 13.3. The van der Waals surface area contributed by atoms with E-state index < -0.39 is 23.9 Å². The number of rotatable bonds is 10. The summed E-state index contributed by atoms with van der Waals surface area (Å²) in [5, 5.41) is 13.2. The number of alkyl halides is 3. The first kappa shape index (κ1) is 22.2. The number of hydrogen-bond donors (Lipinski definition) is 2.